The number of ether oxygens (including phenoxy) is 2. The molecule has 1 aliphatic heterocycles. The standard InChI is InChI=1S/C29H32N4O4/c1-4-36-24-17-22-23(18-25(24)37-5-2)32-29(35)27(22)28(19-9-7-6-8-10-19)31-20-11-13-21(14-12-20)33(3)26(34)15-16-30/h6-14,17-18,27H,4-5,15-16,30H2,1-3H3,(H,32,35). The van der Waals surface area contributed by atoms with Crippen molar-refractivity contribution < 1.29 is 19.1 Å². The average molecular weight is 501 g/mol. The summed E-state index contributed by atoms with van der Waals surface area (Å²) in [5, 5.41) is 2.99. The number of nitrogens with zero attached hydrogens (tertiary/aromatic N) is 2. The molecule has 1 heterocycles. The second kappa shape index (κ2) is 11.7. The fraction of sp³-hybridized carbons (Fsp3) is 0.276. The summed E-state index contributed by atoms with van der Waals surface area (Å²) in [6, 6.07) is 20.7. The van der Waals surface area contributed by atoms with E-state index >= 15 is 0 Å². The molecule has 1 atom stereocenters. The summed E-state index contributed by atoms with van der Waals surface area (Å²) in [6.07, 6.45) is 0.277. The van der Waals surface area contributed by atoms with Gasteiger partial charge in [-0.3, -0.25) is 14.6 Å². The second-order valence-corrected chi connectivity index (χ2v) is 8.55. The normalized spacial score (nSPS) is 14.6. The van der Waals surface area contributed by atoms with Gasteiger partial charge in [0.15, 0.2) is 11.5 Å². The number of anilines is 2. The predicted molar refractivity (Wildman–Crippen MR) is 146 cm³/mol. The van der Waals surface area contributed by atoms with Crippen molar-refractivity contribution in [2.45, 2.75) is 26.2 Å². The van der Waals surface area contributed by atoms with E-state index in [9.17, 15) is 9.59 Å². The van der Waals surface area contributed by atoms with Crippen LogP contribution in [-0.2, 0) is 9.59 Å². The van der Waals surface area contributed by atoms with E-state index in [1.54, 1.807) is 11.9 Å². The maximum Gasteiger partial charge on any atom is 0.238 e. The smallest absolute Gasteiger partial charge is 0.238 e. The van der Waals surface area contributed by atoms with Crippen LogP contribution in [0.4, 0.5) is 17.1 Å². The van der Waals surface area contributed by atoms with E-state index in [0.29, 0.717) is 48.3 Å². The Bertz CT molecular complexity index is 1290. The molecule has 37 heavy (non-hydrogen) atoms. The minimum Gasteiger partial charge on any atom is -0.490 e. The molecule has 2 amide bonds. The third-order valence-electron chi connectivity index (χ3n) is 6.11. The number of benzene rings is 3. The molecule has 0 aromatic heterocycles. The molecule has 0 spiro atoms. The Morgan fingerprint density at radius 3 is 2.27 bits per heavy atom. The molecular formula is C29H32N4O4. The zero-order valence-electron chi connectivity index (χ0n) is 21.4. The molecule has 3 N–H and O–H groups in total. The van der Waals surface area contributed by atoms with Gasteiger partial charge >= 0.3 is 0 Å². The number of hydrogen-bond donors (Lipinski definition) is 2. The summed E-state index contributed by atoms with van der Waals surface area (Å²) in [5.74, 6) is 0.315. The van der Waals surface area contributed by atoms with Crippen molar-refractivity contribution in [3.63, 3.8) is 0 Å². The Balaban J connectivity index is 1.77. The van der Waals surface area contributed by atoms with Crippen LogP contribution >= 0.6 is 0 Å². The van der Waals surface area contributed by atoms with E-state index in [0.717, 1.165) is 16.8 Å². The fourth-order valence-electron chi connectivity index (χ4n) is 4.31. The van der Waals surface area contributed by atoms with Crippen LogP contribution in [-0.4, -0.2) is 44.3 Å². The number of rotatable bonds is 10. The number of nitrogens with one attached hydrogen (secondary N) is 1. The van der Waals surface area contributed by atoms with E-state index in [1.807, 2.05) is 80.6 Å². The first-order valence-electron chi connectivity index (χ1n) is 12.4. The van der Waals surface area contributed by atoms with Crippen LogP contribution in [0, 0.1) is 0 Å². The maximum atomic E-state index is 13.3. The Kier molecular flexibility index (Phi) is 8.20. The summed E-state index contributed by atoms with van der Waals surface area (Å²) in [7, 11) is 1.72. The lowest BCUT2D eigenvalue weighted by Gasteiger charge is -2.18. The summed E-state index contributed by atoms with van der Waals surface area (Å²) in [4.78, 5) is 32.0. The van der Waals surface area contributed by atoms with Crippen LogP contribution in [0.5, 0.6) is 11.5 Å². The lowest BCUT2D eigenvalue weighted by molar-refractivity contribution is -0.118. The monoisotopic (exact) mass is 500 g/mol. The van der Waals surface area contributed by atoms with Crippen LogP contribution in [0.3, 0.4) is 0 Å². The highest BCUT2D eigenvalue weighted by molar-refractivity contribution is 6.24. The molecule has 3 aromatic rings. The highest BCUT2D eigenvalue weighted by Gasteiger charge is 2.37. The number of nitrogens with two attached hydrogens (primary N) is 1. The molecule has 0 radical (unpaired) electrons. The van der Waals surface area contributed by atoms with Crippen molar-refractivity contribution in [2.75, 3.05) is 37.0 Å². The largest absolute Gasteiger partial charge is 0.490 e. The summed E-state index contributed by atoms with van der Waals surface area (Å²) < 4.78 is 11.6. The molecule has 8 nitrogen and oxygen atoms in total. The first kappa shape index (κ1) is 25.9. The number of fused-ring (bicyclic) bond motifs is 1. The zero-order chi connectivity index (χ0) is 26.4. The van der Waals surface area contributed by atoms with Gasteiger partial charge in [0.2, 0.25) is 11.8 Å². The van der Waals surface area contributed by atoms with Crippen LogP contribution in [0.15, 0.2) is 71.7 Å². The number of hydrogen-bond acceptors (Lipinski definition) is 6. The van der Waals surface area contributed by atoms with Gasteiger partial charge < -0.3 is 25.4 Å². The lowest BCUT2D eigenvalue weighted by Crippen LogP contribution is -2.27. The predicted octanol–water partition coefficient (Wildman–Crippen LogP) is 4.65. The van der Waals surface area contributed by atoms with Crippen LogP contribution in [0.25, 0.3) is 0 Å². The van der Waals surface area contributed by atoms with Crippen molar-refractivity contribution in [3.8, 4) is 11.5 Å². The Morgan fingerprint density at radius 2 is 1.65 bits per heavy atom. The molecule has 0 saturated carbocycles. The van der Waals surface area contributed by atoms with E-state index in [1.165, 1.54) is 0 Å². The van der Waals surface area contributed by atoms with E-state index in [4.69, 9.17) is 20.2 Å². The highest BCUT2D eigenvalue weighted by atomic mass is 16.5. The number of aliphatic imine (C=N–C) groups is 1. The highest BCUT2D eigenvalue weighted by Crippen LogP contribution is 2.43. The number of amides is 2. The van der Waals surface area contributed by atoms with Gasteiger partial charge in [-0.15, -0.1) is 0 Å². The fourth-order valence-corrected chi connectivity index (χ4v) is 4.31. The minimum absolute atomic E-state index is 0.0560. The van der Waals surface area contributed by atoms with Gasteiger partial charge in [0.1, 0.15) is 5.92 Å². The molecule has 192 valence electrons. The summed E-state index contributed by atoms with van der Waals surface area (Å²) in [6.45, 7) is 5.07. The number of carbonyl (C=O) groups is 2. The topological polar surface area (TPSA) is 106 Å². The van der Waals surface area contributed by atoms with Gasteiger partial charge in [-0.1, -0.05) is 30.3 Å². The molecule has 4 rings (SSSR count). The molecule has 3 aromatic carbocycles. The maximum absolute atomic E-state index is 13.3. The third kappa shape index (κ3) is 5.65. The molecule has 0 fully saturated rings. The average Bonchev–Trinajstić information content (AvgIpc) is 3.22. The molecule has 1 unspecified atom stereocenters. The minimum atomic E-state index is -0.638. The quantitative estimate of drug-likeness (QED) is 0.394. The van der Waals surface area contributed by atoms with Crippen LogP contribution in [0.2, 0.25) is 0 Å². The molecule has 0 saturated heterocycles. The Labute approximate surface area is 217 Å². The first-order chi connectivity index (χ1) is 18.0. The van der Waals surface area contributed by atoms with Gasteiger partial charge in [0.05, 0.1) is 24.6 Å². The Hall–Kier alpha value is -4.17. The van der Waals surface area contributed by atoms with Gasteiger partial charge in [-0.05, 0) is 55.3 Å². The van der Waals surface area contributed by atoms with Crippen molar-refractivity contribution in [3.05, 3.63) is 77.9 Å². The molecule has 0 aliphatic carbocycles. The van der Waals surface area contributed by atoms with Crippen molar-refractivity contribution in [1.29, 1.82) is 0 Å². The van der Waals surface area contributed by atoms with Gasteiger partial charge in [-0.25, -0.2) is 0 Å². The van der Waals surface area contributed by atoms with E-state index < -0.39 is 5.92 Å². The SMILES string of the molecule is CCOc1cc2c(cc1OCC)C(C(=Nc1ccc(N(C)C(=O)CCN)cc1)c1ccccc1)C(=O)N2. The lowest BCUT2D eigenvalue weighted by atomic mass is 9.90. The third-order valence-corrected chi connectivity index (χ3v) is 6.11. The van der Waals surface area contributed by atoms with Crippen LogP contribution in [0.1, 0.15) is 37.3 Å². The van der Waals surface area contributed by atoms with E-state index in [-0.39, 0.29) is 18.2 Å². The van der Waals surface area contributed by atoms with Gasteiger partial charge in [-0.2, -0.15) is 0 Å². The van der Waals surface area contributed by atoms with E-state index in [2.05, 4.69) is 5.32 Å². The molecular weight excluding hydrogens is 468 g/mol. The Morgan fingerprint density at radius 1 is 1.00 bits per heavy atom. The first-order valence-corrected chi connectivity index (χ1v) is 12.4. The molecule has 0 bridgehead atoms. The summed E-state index contributed by atoms with van der Waals surface area (Å²) >= 11 is 0. The second-order valence-electron chi connectivity index (χ2n) is 8.55. The van der Waals surface area contributed by atoms with Crippen molar-refractivity contribution in [1.82, 2.24) is 0 Å². The van der Waals surface area contributed by atoms with Gasteiger partial charge in [0, 0.05) is 37.5 Å². The van der Waals surface area contributed by atoms with Crippen molar-refractivity contribution in [2.24, 2.45) is 10.7 Å². The molecule has 8 heteroatoms. The zero-order valence-corrected chi connectivity index (χ0v) is 21.4. The summed E-state index contributed by atoms with van der Waals surface area (Å²) in [5.41, 5.74) is 9.84. The van der Waals surface area contributed by atoms with Gasteiger partial charge in [0.25, 0.3) is 0 Å². The van der Waals surface area contributed by atoms with Crippen molar-refractivity contribution >= 4 is 34.6 Å². The molecule has 1 aliphatic rings. The number of carbonyl (C=O) groups excluding carboxylic acids is 2. The van der Waals surface area contributed by atoms with Crippen LogP contribution < -0.4 is 25.4 Å².